The summed E-state index contributed by atoms with van der Waals surface area (Å²) < 4.78 is 5.91. The summed E-state index contributed by atoms with van der Waals surface area (Å²) in [6.07, 6.45) is 1.72. The van der Waals surface area contributed by atoms with Crippen LogP contribution in [0, 0.1) is 0 Å². The molecular weight excluding hydrogens is 346 g/mol. The SMILES string of the molecule is Cl.O=C1CCC(N2Cc3ccc(O[C@H]4CCNC4)cc3C2=O)C(=O)N1. The van der Waals surface area contributed by atoms with Gasteiger partial charge in [-0.2, -0.15) is 0 Å². The van der Waals surface area contributed by atoms with Crippen molar-refractivity contribution in [1.82, 2.24) is 15.5 Å². The van der Waals surface area contributed by atoms with Crippen molar-refractivity contribution in [2.24, 2.45) is 0 Å². The summed E-state index contributed by atoms with van der Waals surface area (Å²) in [6, 6.07) is 4.95. The molecule has 0 saturated carbocycles. The molecule has 7 nitrogen and oxygen atoms in total. The maximum absolute atomic E-state index is 12.7. The third-order valence-electron chi connectivity index (χ3n) is 4.82. The van der Waals surface area contributed by atoms with E-state index in [1.165, 1.54) is 0 Å². The van der Waals surface area contributed by atoms with Gasteiger partial charge >= 0.3 is 0 Å². The van der Waals surface area contributed by atoms with Gasteiger partial charge in [-0.3, -0.25) is 19.7 Å². The van der Waals surface area contributed by atoms with E-state index in [-0.39, 0.29) is 42.7 Å². The molecule has 0 radical (unpaired) electrons. The van der Waals surface area contributed by atoms with Gasteiger partial charge in [0.15, 0.2) is 0 Å². The highest BCUT2D eigenvalue weighted by Crippen LogP contribution is 2.30. The highest BCUT2D eigenvalue weighted by Gasteiger charge is 2.39. The number of benzene rings is 1. The van der Waals surface area contributed by atoms with Crippen molar-refractivity contribution in [3.63, 3.8) is 0 Å². The number of carbonyl (C=O) groups excluding carboxylic acids is 3. The van der Waals surface area contributed by atoms with Crippen LogP contribution in [0.15, 0.2) is 18.2 Å². The summed E-state index contributed by atoms with van der Waals surface area (Å²) in [5.74, 6) is -0.155. The van der Waals surface area contributed by atoms with E-state index in [4.69, 9.17) is 4.74 Å². The summed E-state index contributed by atoms with van der Waals surface area (Å²) in [5.41, 5.74) is 1.48. The molecule has 8 heteroatoms. The first kappa shape index (κ1) is 17.7. The zero-order valence-electron chi connectivity index (χ0n) is 13.6. The Morgan fingerprint density at radius 3 is 2.72 bits per heavy atom. The molecule has 0 aromatic heterocycles. The molecule has 1 aromatic carbocycles. The summed E-state index contributed by atoms with van der Waals surface area (Å²) in [6.45, 7) is 2.15. The lowest BCUT2D eigenvalue weighted by Gasteiger charge is -2.29. The van der Waals surface area contributed by atoms with E-state index in [0.29, 0.717) is 24.3 Å². The van der Waals surface area contributed by atoms with Gasteiger partial charge in [-0.15, -0.1) is 12.4 Å². The lowest BCUT2D eigenvalue weighted by atomic mass is 10.0. The molecule has 1 aromatic rings. The van der Waals surface area contributed by atoms with Gasteiger partial charge in [0.1, 0.15) is 17.9 Å². The maximum Gasteiger partial charge on any atom is 0.255 e. The Kier molecular flexibility index (Phi) is 4.96. The number of imide groups is 1. The van der Waals surface area contributed by atoms with Gasteiger partial charge in [-0.05, 0) is 37.1 Å². The molecule has 1 unspecified atom stereocenters. The second-order valence-corrected chi connectivity index (χ2v) is 6.45. The maximum atomic E-state index is 12.7. The van der Waals surface area contributed by atoms with E-state index in [2.05, 4.69) is 10.6 Å². The summed E-state index contributed by atoms with van der Waals surface area (Å²) in [7, 11) is 0. The summed E-state index contributed by atoms with van der Waals surface area (Å²) in [5, 5.41) is 5.55. The number of rotatable bonds is 3. The fraction of sp³-hybridized carbons (Fsp3) is 0.471. The number of amides is 3. The van der Waals surface area contributed by atoms with Gasteiger partial charge in [0, 0.05) is 25.1 Å². The van der Waals surface area contributed by atoms with Crippen LogP contribution in [0.5, 0.6) is 5.75 Å². The summed E-state index contributed by atoms with van der Waals surface area (Å²) in [4.78, 5) is 37.6. The van der Waals surface area contributed by atoms with Crippen LogP contribution in [0.3, 0.4) is 0 Å². The lowest BCUT2D eigenvalue weighted by Crippen LogP contribution is -2.52. The molecule has 2 N–H and O–H groups in total. The average Bonchev–Trinajstić information content (AvgIpc) is 3.17. The molecule has 0 bridgehead atoms. The Hall–Kier alpha value is -2.12. The van der Waals surface area contributed by atoms with Crippen LogP contribution in [-0.2, 0) is 16.1 Å². The summed E-state index contributed by atoms with van der Waals surface area (Å²) >= 11 is 0. The molecule has 3 amide bonds. The minimum Gasteiger partial charge on any atom is -0.489 e. The average molecular weight is 366 g/mol. The van der Waals surface area contributed by atoms with Crippen molar-refractivity contribution in [3.05, 3.63) is 29.3 Å². The lowest BCUT2D eigenvalue weighted by molar-refractivity contribution is -0.136. The molecule has 2 fully saturated rings. The fourth-order valence-electron chi connectivity index (χ4n) is 3.53. The minimum absolute atomic E-state index is 0. The van der Waals surface area contributed by atoms with Crippen LogP contribution in [0.25, 0.3) is 0 Å². The van der Waals surface area contributed by atoms with Gasteiger partial charge in [-0.25, -0.2) is 0 Å². The number of carbonyl (C=O) groups is 3. The number of halogens is 1. The van der Waals surface area contributed by atoms with Gasteiger partial charge in [-0.1, -0.05) is 6.07 Å². The van der Waals surface area contributed by atoms with Crippen molar-refractivity contribution >= 4 is 30.1 Å². The smallest absolute Gasteiger partial charge is 0.255 e. The van der Waals surface area contributed by atoms with Gasteiger partial charge in [0.25, 0.3) is 5.91 Å². The van der Waals surface area contributed by atoms with Crippen LogP contribution < -0.4 is 15.4 Å². The molecule has 25 heavy (non-hydrogen) atoms. The number of fused-ring (bicyclic) bond motifs is 1. The van der Waals surface area contributed by atoms with E-state index in [1.807, 2.05) is 12.1 Å². The first-order valence-corrected chi connectivity index (χ1v) is 8.27. The predicted octanol–water partition coefficient (Wildman–Crippen LogP) is 0.610. The van der Waals surface area contributed by atoms with Crippen molar-refractivity contribution in [2.75, 3.05) is 13.1 Å². The van der Waals surface area contributed by atoms with Gasteiger partial charge < -0.3 is 15.0 Å². The molecular formula is C17H20ClN3O4. The molecule has 4 rings (SSSR count). The van der Waals surface area contributed by atoms with Crippen LogP contribution in [0.2, 0.25) is 0 Å². The normalized spacial score (nSPS) is 25.4. The van der Waals surface area contributed by atoms with Crippen molar-refractivity contribution in [3.8, 4) is 5.75 Å². The first-order chi connectivity index (χ1) is 11.6. The zero-order chi connectivity index (χ0) is 16.7. The van der Waals surface area contributed by atoms with E-state index in [0.717, 1.165) is 25.1 Å². The highest BCUT2D eigenvalue weighted by molar-refractivity contribution is 6.05. The number of hydrogen-bond acceptors (Lipinski definition) is 5. The topological polar surface area (TPSA) is 87.7 Å². The molecule has 2 atom stereocenters. The monoisotopic (exact) mass is 365 g/mol. The number of piperidine rings is 1. The van der Waals surface area contributed by atoms with Crippen molar-refractivity contribution in [1.29, 1.82) is 0 Å². The molecule has 0 spiro atoms. The van der Waals surface area contributed by atoms with E-state index in [9.17, 15) is 14.4 Å². The number of ether oxygens (including phenoxy) is 1. The quantitative estimate of drug-likeness (QED) is 0.766. The van der Waals surface area contributed by atoms with Crippen LogP contribution in [-0.4, -0.2) is 47.9 Å². The largest absolute Gasteiger partial charge is 0.489 e. The van der Waals surface area contributed by atoms with Gasteiger partial charge in [0.05, 0.1) is 0 Å². The van der Waals surface area contributed by atoms with Crippen molar-refractivity contribution < 1.29 is 19.1 Å². The molecule has 2 saturated heterocycles. The standard InChI is InChI=1S/C17H19N3O4.ClH/c21-15-4-3-14(16(22)19-15)20-9-10-1-2-11(7-13(10)17(20)23)24-12-5-6-18-8-12;/h1-2,7,12,14,18H,3-6,8-9H2,(H,19,21,22);1H/t12-,14?;/m0./s1. The number of nitrogens with one attached hydrogen (secondary N) is 2. The van der Waals surface area contributed by atoms with Crippen LogP contribution >= 0.6 is 12.4 Å². The third-order valence-corrected chi connectivity index (χ3v) is 4.82. The van der Waals surface area contributed by atoms with Gasteiger partial charge in [0.2, 0.25) is 11.8 Å². The Morgan fingerprint density at radius 1 is 1.16 bits per heavy atom. The Balaban J connectivity index is 0.00000182. The number of hydrogen-bond donors (Lipinski definition) is 2. The number of nitrogens with zero attached hydrogens (tertiary/aromatic N) is 1. The fourth-order valence-corrected chi connectivity index (χ4v) is 3.53. The first-order valence-electron chi connectivity index (χ1n) is 8.27. The van der Waals surface area contributed by atoms with E-state index in [1.54, 1.807) is 11.0 Å². The molecule has 3 heterocycles. The predicted molar refractivity (Wildman–Crippen MR) is 91.6 cm³/mol. The third kappa shape index (κ3) is 3.34. The minimum atomic E-state index is -0.578. The molecule has 3 aliphatic rings. The zero-order valence-corrected chi connectivity index (χ0v) is 14.4. The second kappa shape index (κ2) is 7.01. The molecule has 134 valence electrons. The molecule has 0 aliphatic carbocycles. The van der Waals surface area contributed by atoms with E-state index >= 15 is 0 Å². The molecule has 3 aliphatic heterocycles. The van der Waals surface area contributed by atoms with E-state index < -0.39 is 6.04 Å². The second-order valence-electron chi connectivity index (χ2n) is 6.45. The Morgan fingerprint density at radius 2 is 2.00 bits per heavy atom. The Labute approximate surface area is 151 Å². The van der Waals surface area contributed by atoms with Crippen molar-refractivity contribution in [2.45, 2.75) is 38.0 Å². The Bertz CT molecular complexity index is 718. The van der Waals surface area contributed by atoms with Crippen LogP contribution in [0.1, 0.15) is 35.2 Å². The van der Waals surface area contributed by atoms with Crippen LogP contribution in [0.4, 0.5) is 0 Å². The highest BCUT2D eigenvalue weighted by atomic mass is 35.5.